The van der Waals surface area contributed by atoms with E-state index >= 15 is 0 Å². The largest absolute Gasteiger partial charge is 0.475 e. The fraction of sp³-hybridized carbons (Fsp3) is 0.500. The zero-order chi connectivity index (χ0) is 10.1. The fourth-order valence-corrected chi connectivity index (χ4v) is 2.00. The van der Waals surface area contributed by atoms with Gasteiger partial charge in [0.15, 0.2) is 6.23 Å². The highest BCUT2D eigenvalue weighted by molar-refractivity contribution is 5.37. The molecular weight excluding hydrogens is 174 g/mol. The van der Waals surface area contributed by atoms with Crippen molar-refractivity contribution in [2.45, 2.75) is 32.5 Å². The Morgan fingerprint density at radius 3 is 2.79 bits per heavy atom. The van der Waals surface area contributed by atoms with E-state index < -0.39 is 0 Å². The van der Waals surface area contributed by atoms with Crippen molar-refractivity contribution < 1.29 is 4.74 Å². The minimum absolute atomic E-state index is 0.222. The molecule has 14 heavy (non-hydrogen) atoms. The monoisotopic (exact) mass is 191 g/mol. The molecule has 0 saturated carbocycles. The van der Waals surface area contributed by atoms with Gasteiger partial charge in [-0.25, -0.2) is 0 Å². The Labute approximate surface area is 85.5 Å². The van der Waals surface area contributed by atoms with Crippen LogP contribution in [0.4, 0.5) is 0 Å². The lowest BCUT2D eigenvalue weighted by molar-refractivity contribution is -0.00583. The second-order valence-electron chi connectivity index (χ2n) is 3.86. The van der Waals surface area contributed by atoms with Gasteiger partial charge in [0.25, 0.3) is 0 Å². The van der Waals surface area contributed by atoms with Crippen LogP contribution >= 0.6 is 0 Å². The van der Waals surface area contributed by atoms with Gasteiger partial charge in [-0.3, -0.25) is 4.90 Å². The number of rotatable bonds is 1. The average molecular weight is 191 g/mol. The maximum absolute atomic E-state index is 5.89. The van der Waals surface area contributed by atoms with Crippen molar-refractivity contribution in [1.29, 1.82) is 0 Å². The van der Waals surface area contributed by atoms with Gasteiger partial charge in [0.05, 0.1) is 0 Å². The first-order chi connectivity index (χ1) is 6.74. The molecule has 0 fully saturated rings. The van der Waals surface area contributed by atoms with E-state index in [0.717, 1.165) is 12.2 Å². The van der Waals surface area contributed by atoms with Crippen LogP contribution in [0.25, 0.3) is 0 Å². The van der Waals surface area contributed by atoms with Gasteiger partial charge in [0, 0.05) is 11.6 Å². The van der Waals surface area contributed by atoms with Crippen LogP contribution in [0.5, 0.6) is 5.75 Å². The van der Waals surface area contributed by atoms with Crippen LogP contribution in [0.3, 0.4) is 0 Å². The predicted octanol–water partition coefficient (Wildman–Crippen LogP) is 2.81. The molecule has 0 unspecified atom stereocenters. The van der Waals surface area contributed by atoms with Crippen LogP contribution in [0.2, 0.25) is 0 Å². The molecule has 76 valence electrons. The van der Waals surface area contributed by atoms with Gasteiger partial charge >= 0.3 is 0 Å². The van der Waals surface area contributed by atoms with Crippen molar-refractivity contribution in [3.05, 3.63) is 29.8 Å². The summed E-state index contributed by atoms with van der Waals surface area (Å²) in [7, 11) is 2.12. The van der Waals surface area contributed by atoms with Gasteiger partial charge in [-0.15, -0.1) is 0 Å². The van der Waals surface area contributed by atoms with E-state index in [-0.39, 0.29) is 6.23 Å². The Hall–Kier alpha value is -1.02. The van der Waals surface area contributed by atoms with Crippen LogP contribution in [0.1, 0.15) is 31.9 Å². The van der Waals surface area contributed by atoms with Gasteiger partial charge < -0.3 is 4.74 Å². The Morgan fingerprint density at radius 1 is 1.36 bits per heavy atom. The number of benzene rings is 1. The van der Waals surface area contributed by atoms with E-state index in [0.29, 0.717) is 6.04 Å². The molecule has 0 N–H and O–H groups in total. The standard InChI is InChI=1S/C12H17NO/c1-4-12-13(3)9(2)10-7-5-6-8-11(10)14-12/h5-9,12H,4H2,1-3H3/t9-,12-/m0/s1. The van der Waals surface area contributed by atoms with Crippen molar-refractivity contribution in [2.75, 3.05) is 7.05 Å². The van der Waals surface area contributed by atoms with Gasteiger partial charge in [0.1, 0.15) is 5.75 Å². The molecule has 1 heterocycles. The maximum Gasteiger partial charge on any atom is 0.152 e. The molecule has 0 spiro atoms. The molecule has 0 amide bonds. The summed E-state index contributed by atoms with van der Waals surface area (Å²) in [5.74, 6) is 1.05. The summed E-state index contributed by atoms with van der Waals surface area (Å²) in [6.07, 6.45) is 1.25. The van der Waals surface area contributed by atoms with Crippen molar-refractivity contribution in [3.8, 4) is 5.75 Å². The minimum atomic E-state index is 0.222. The summed E-state index contributed by atoms with van der Waals surface area (Å²) >= 11 is 0. The first kappa shape index (κ1) is 9.53. The van der Waals surface area contributed by atoms with E-state index in [1.165, 1.54) is 5.56 Å². The zero-order valence-corrected chi connectivity index (χ0v) is 9.03. The first-order valence-corrected chi connectivity index (χ1v) is 5.21. The number of para-hydroxylation sites is 1. The molecular formula is C12H17NO. The summed E-state index contributed by atoms with van der Waals surface area (Å²) in [6.45, 7) is 4.38. The Balaban J connectivity index is 2.37. The third-order valence-electron chi connectivity index (χ3n) is 3.05. The van der Waals surface area contributed by atoms with Gasteiger partial charge in [-0.2, -0.15) is 0 Å². The van der Waals surface area contributed by atoms with Crippen molar-refractivity contribution in [3.63, 3.8) is 0 Å². The smallest absolute Gasteiger partial charge is 0.152 e. The molecule has 2 nitrogen and oxygen atoms in total. The third kappa shape index (κ3) is 1.40. The first-order valence-electron chi connectivity index (χ1n) is 5.21. The lowest BCUT2D eigenvalue weighted by Gasteiger charge is -2.38. The van der Waals surface area contributed by atoms with Crippen molar-refractivity contribution in [1.82, 2.24) is 4.90 Å². The lowest BCUT2D eigenvalue weighted by atomic mass is 10.0. The molecule has 2 rings (SSSR count). The number of hydrogen-bond donors (Lipinski definition) is 0. The molecule has 2 heteroatoms. The summed E-state index contributed by atoms with van der Waals surface area (Å²) in [6, 6.07) is 8.75. The summed E-state index contributed by atoms with van der Waals surface area (Å²) in [5, 5.41) is 0. The van der Waals surface area contributed by atoms with E-state index in [9.17, 15) is 0 Å². The Kier molecular flexibility index (Phi) is 2.46. The van der Waals surface area contributed by atoms with Crippen molar-refractivity contribution in [2.24, 2.45) is 0 Å². The van der Waals surface area contributed by atoms with Gasteiger partial charge in [-0.1, -0.05) is 25.1 Å². The molecule has 0 radical (unpaired) electrons. The zero-order valence-electron chi connectivity index (χ0n) is 9.03. The second-order valence-corrected chi connectivity index (χ2v) is 3.86. The van der Waals surface area contributed by atoms with Gasteiger partial charge in [0.2, 0.25) is 0 Å². The molecule has 1 aliphatic rings. The molecule has 0 aliphatic carbocycles. The molecule has 0 saturated heterocycles. The van der Waals surface area contributed by atoms with Crippen LogP contribution in [0.15, 0.2) is 24.3 Å². The van der Waals surface area contributed by atoms with Gasteiger partial charge in [-0.05, 0) is 26.5 Å². The Morgan fingerprint density at radius 2 is 2.07 bits per heavy atom. The molecule has 0 bridgehead atoms. The number of hydrogen-bond acceptors (Lipinski definition) is 2. The molecule has 0 aromatic heterocycles. The van der Waals surface area contributed by atoms with E-state index in [1.807, 2.05) is 6.07 Å². The molecule has 2 atom stereocenters. The SMILES string of the molecule is CC[C@@H]1Oc2ccccc2[C@H](C)N1C. The number of nitrogens with zero attached hydrogens (tertiary/aromatic N) is 1. The molecule has 1 aromatic carbocycles. The molecule has 1 aromatic rings. The number of ether oxygens (including phenoxy) is 1. The average Bonchev–Trinajstić information content (AvgIpc) is 2.23. The molecule has 1 aliphatic heterocycles. The number of fused-ring (bicyclic) bond motifs is 1. The predicted molar refractivity (Wildman–Crippen MR) is 57.3 cm³/mol. The fourth-order valence-electron chi connectivity index (χ4n) is 2.00. The third-order valence-corrected chi connectivity index (χ3v) is 3.05. The van der Waals surface area contributed by atoms with Crippen LogP contribution in [0, 0.1) is 0 Å². The quantitative estimate of drug-likeness (QED) is 0.676. The van der Waals surface area contributed by atoms with E-state index in [1.54, 1.807) is 0 Å². The normalized spacial score (nSPS) is 26.8. The highest BCUT2D eigenvalue weighted by Gasteiger charge is 2.28. The van der Waals surface area contributed by atoms with Crippen molar-refractivity contribution >= 4 is 0 Å². The highest BCUT2D eigenvalue weighted by atomic mass is 16.5. The van der Waals surface area contributed by atoms with E-state index in [2.05, 4.69) is 44.0 Å². The maximum atomic E-state index is 5.89. The summed E-state index contributed by atoms with van der Waals surface area (Å²) in [5.41, 5.74) is 1.29. The lowest BCUT2D eigenvalue weighted by Crippen LogP contribution is -2.41. The summed E-state index contributed by atoms with van der Waals surface area (Å²) in [4.78, 5) is 2.28. The topological polar surface area (TPSA) is 12.5 Å². The van der Waals surface area contributed by atoms with E-state index in [4.69, 9.17) is 4.74 Å². The van der Waals surface area contributed by atoms with Crippen LogP contribution < -0.4 is 4.74 Å². The van der Waals surface area contributed by atoms with Crippen LogP contribution in [-0.2, 0) is 0 Å². The highest BCUT2D eigenvalue weighted by Crippen LogP contribution is 2.35. The second kappa shape index (κ2) is 3.62. The minimum Gasteiger partial charge on any atom is -0.475 e. The summed E-state index contributed by atoms with van der Waals surface area (Å²) < 4.78 is 5.89. The van der Waals surface area contributed by atoms with Crippen LogP contribution in [-0.4, -0.2) is 18.2 Å². The Bertz CT molecular complexity index is 324.